The lowest BCUT2D eigenvalue weighted by Gasteiger charge is -2.03. The number of fused-ring (bicyclic) bond motifs is 1. The molecule has 0 radical (unpaired) electrons. The minimum atomic E-state index is -3.12. The van der Waals surface area contributed by atoms with Crippen molar-refractivity contribution in [2.75, 3.05) is 6.79 Å². The summed E-state index contributed by atoms with van der Waals surface area (Å²) < 4.78 is 34.1. The van der Waals surface area contributed by atoms with E-state index in [9.17, 15) is 8.42 Å². The van der Waals surface area contributed by atoms with Crippen LogP contribution in [0.15, 0.2) is 23.1 Å². The van der Waals surface area contributed by atoms with Crippen molar-refractivity contribution in [2.45, 2.75) is 23.0 Å². The quantitative estimate of drug-likeness (QED) is 0.763. The molecule has 0 atom stereocenters. The molecule has 1 aliphatic carbocycles. The average Bonchev–Trinajstić information content (AvgIpc) is 2.97. The number of ether oxygens (including phenoxy) is 2. The number of hydrogen-bond acceptors (Lipinski definition) is 4. The summed E-state index contributed by atoms with van der Waals surface area (Å²) in [4.78, 5) is 0.342. The molecule has 0 amide bonds. The van der Waals surface area contributed by atoms with E-state index in [0.717, 1.165) is 12.8 Å². The molecule has 0 unspecified atom stereocenters. The first-order chi connectivity index (χ1) is 7.18. The van der Waals surface area contributed by atoms with Crippen LogP contribution in [0.25, 0.3) is 0 Å². The Morgan fingerprint density at radius 2 is 1.87 bits per heavy atom. The summed E-state index contributed by atoms with van der Waals surface area (Å²) in [5, 5.41) is -0.183. The van der Waals surface area contributed by atoms with Crippen molar-refractivity contribution in [1.29, 1.82) is 0 Å². The van der Waals surface area contributed by atoms with Gasteiger partial charge in [-0.2, -0.15) is 0 Å². The van der Waals surface area contributed by atoms with Gasteiger partial charge in [0, 0.05) is 6.07 Å². The molecule has 5 heteroatoms. The van der Waals surface area contributed by atoms with Crippen LogP contribution in [0.4, 0.5) is 0 Å². The molecule has 0 bridgehead atoms. The highest BCUT2D eigenvalue weighted by molar-refractivity contribution is 7.92. The van der Waals surface area contributed by atoms with E-state index in [1.807, 2.05) is 0 Å². The van der Waals surface area contributed by atoms with Gasteiger partial charge in [-0.15, -0.1) is 0 Å². The first-order valence-electron chi connectivity index (χ1n) is 4.81. The summed E-state index contributed by atoms with van der Waals surface area (Å²) in [6.07, 6.45) is 1.55. The molecule has 4 nitrogen and oxygen atoms in total. The predicted molar refractivity (Wildman–Crippen MR) is 52.8 cm³/mol. The van der Waals surface area contributed by atoms with Crippen LogP contribution >= 0.6 is 0 Å². The topological polar surface area (TPSA) is 52.6 Å². The first-order valence-corrected chi connectivity index (χ1v) is 6.36. The van der Waals surface area contributed by atoms with Gasteiger partial charge >= 0.3 is 0 Å². The van der Waals surface area contributed by atoms with E-state index in [1.165, 1.54) is 0 Å². The third-order valence-electron chi connectivity index (χ3n) is 2.64. The highest BCUT2D eigenvalue weighted by atomic mass is 32.2. The molecule has 15 heavy (non-hydrogen) atoms. The fourth-order valence-corrected chi connectivity index (χ4v) is 3.30. The fourth-order valence-electron chi connectivity index (χ4n) is 1.62. The van der Waals surface area contributed by atoms with Gasteiger partial charge in [-0.1, -0.05) is 0 Å². The van der Waals surface area contributed by atoms with Crippen molar-refractivity contribution in [3.8, 4) is 11.5 Å². The molecule has 0 spiro atoms. The van der Waals surface area contributed by atoms with Crippen LogP contribution in [0.2, 0.25) is 0 Å². The minimum absolute atomic E-state index is 0.169. The SMILES string of the molecule is O=S(=O)(c1ccc2c(c1)OCO2)C1CC1. The third kappa shape index (κ3) is 1.38. The van der Waals surface area contributed by atoms with Gasteiger partial charge in [0.2, 0.25) is 6.79 Å². The summed E-state index contributed by atoms with van der Waals surface area (Å²) >= 11 is 0. The molecule has 0 N–H and O–H groups in total. The van der Waals surface area contributed by atoms with Crippen molar-refractivity contribution in [2.24, 2.45) is 0 Å². The minimum Gasteiger partial charge on any atom is -0.454 e. The molecule has 80 valence electrons. The molecule has 0 aromatic heterocycles. The number of hydrogen-bond donors (Lipinski definition) is 0. The van der Waals surface area contributed by atoms with Crippen molar-refractivity contribution in [1.82, 2.24) is 0 Å². The Bertz CT molecular complexity index is 502. The molecule has 1 aromatic rings. The second-order valence-corrected chi connectivity index (χ2v) is 5.99. The van der Waals surface area contributed by atoms with E-state index in [1.54, 1.807) is 18.2 Å². The van der Waals surface area contributed by atoms with E-state index in [0.29, 0.717) is 16.4 Å². The van der Waals surface area contributed by atoms with Crippen molar-refractivity contribution < 1.29 is 17.9 Å². The van der Waals surface area contributed by atoms with Crippen LogP contribution in [0.1, 0.15) is 12.8 Å². The molecule has 1 aliphatic heterocycles. The number of rotatable bonds is 2. The molecule has 2 aliphatic rings. The Morgan fingerprint density at radius 3 is 2.60 bits per heavy atom. The second-order valence-electron chi connectivity index (χ2n) is 3.76. The van der Waals surface area contributed by atoms with Gasteiger partial charge in [-0.3, -0.25) is 0 Å². The molecule has 1 fully saturated rings. The Hall–Kier alpha value is -1.23. The highest BCUT2D eigenvalue weighted by Gasteiger charge is 2.37. The number of benzene rings is 1. The van der Waals surface area contributed by atoms with E-state index >= 15 is 0 Å². The molecule has 1 heterocycles. The van der Waals surface area contributed by atoms with Gasteiger partial charge in [0.25, 0.3) is 0 Å². The molecule has 0 saturated heterocycles. The lowest BCUT2D eigenvalue weighted by atomic mass is 10.3. The summed E-state index contributed by atoms with van der Waals surface area (Å²) in [6, 6.07) is 4.79. The highest BCUT2D eigenvalue weighted by Crippen LogP contribution is 2.38. The molecule has 3 rings (SSSR count). The fraction of sp³-hybridized carbons (Fsp3) is 0.400. The van der Waals surface area contributed by atoms with Gasteiger partial charge in [-0.05, 0) is 25.0 Å². The monoisotopic (exact) mass is 226 g/mol. The zero-order valence-electron chi connectivity index (χ0n) is 7.97. The van der Waals surface area contributed by atoms with Crippen LogP contribution in [0, 0.1) is 0 Å². The summed E-state index contributed by atoms with van der Waals surface area (Å²) in [7, 11) is -3.12. The maximum absolute atomic E-state index is 11.9. The van der Waals surface area contributed by atoms with Crippen LogP contribution in [0.3, 0.4) is 0 Å². The van der Waals surface area contributed by atoms with Gasteiger partial charge in [0.15, 0.2) is 21.3 Å². The van der Waals surface area contributed by atoms with Gasteiger partial charge in [0.1, 0.15) is 0 Å². The third-order valence-corrected chi connectivity index (χ3v) is 4.90. The number of sulfone groups is 1. The Morgan fingerprint density at radius 1 is 1.13 bits per heavy atom. The van der Waals surface area contributed by atoms with Gasteiger partial charge < -0.3 is 9.47 Å². The molecule has 1 saturated carbocycles. The summed E-state index contributed by atoms with van der Waals surface area (Å²) in [5.74, 6) is 1.14. The zero-order chi connectivity index (χ0) is 10.5. The summed E-state index contributed by atoms with van der Waals surface area (Å²) in [5.41, 5.74) is 0. The Balaban J connectivity index is 2.06. The molecule has 1 aromatic carbocycles. The van der Waals surface area contributed by atoms with E-state index < -0.39 is 9.84 Å². The van der Waals surface area contributed by atoms with Crippen LogP contribution < -0.4 is 9.47 Å². The second kappa shape index (κ2) is 2.88. The Kier molecular flexibility index (Phi) is 1.74. The summed E-state index contributed by atoms with van der Waals surface area (Å²) in [6.45, 7) is 0.169. The maximum atomic E-state index is 11.9. The van der Waals surface area contributed by atoms with E-state index in [2.05, 4.69) is 0 Å². The zero-order valence-corrected chi connectivity index (χ0v) is 8.79. The normalized spacial score (nSPS) is 19.2. The predicted octanol–water partition coefficient (Wildman–Crippen LogP) is 1.35. The lowest BCUT2D eigenvalue weighted by molar-refractivity contribution is 0.174. The Labute approximate surface area is 87.7 Å². The van der Waals surface area contributed by atoms with Crippen LogP contribution in [0.5, 0.6) is 11.5 Å². The average molecular weight is 226 g/mol. The van der Waals surface area contributed by atoms with Crippen molar-refractivity contribution in [3.05, 3.63) is 18.2 Å². The van der Waals surface area contributed by atoms with Crippen LogP contribution in [-0.4, -0.2) is 20.5 Å². The standard InChI is InChI=1S/C10H10O4S/c11-15(12,7-1-2-7)8-3-4-9-10(5-8)14-6-13-9/h3-5,7H,1-2,6H2. The van der Waals surface area contributed by atoms with E-state index in [4.69, 9.17) is 9.47 Å². The van der Waals surface area contributed by atoms with Crippen molar-refractivity contribution in [3.63, 3.8) is 0 Å². The van der Waals surface area contributed by atoms with Gasteiger partial charge in [0.05, 0.1) is 10.1 Å². The largest absolute Gasteiger partial charge is 0.454 e. The first kappa shape index (κ1) is 9.03. The smallest absolute Gasteiger partial charge is 0.231 e. The molecular formula is C10H10O4S. The van der Waals surface area contributed by atoms with Crippen LogP contribution in [-0.2, 0) is 9.84 Å². The molecular weight excluding hydrogens is 216 g/mol. The van der Waals surface area contributed by atoms with E-state index in [-0.39, 0.29) is 12.0 Å². The maximum Gasteiger partial charge on any atom is 0.231 e. The van der Waals surface area contributed by atoms with Crippen molar-refractivity contribution >= 4 is 9.84 Å². The lowest BCUT2D eigenvalue weighted by Crippen LogP contribution is -2.06. The van der Waals surface area contributed by atoms with Gasteiger partial charge in [-0.25, -0.2) is 8.42 Å².